The van der Waals surface area contributed by atoms with Crippen LogP contribution >= 0.6 is 0 Å². The molecule has 0 aliphatic carbocycles. The molecule has 7 heteroatoms. The van der Waals surface area contributed by atoms with E-state index in [2.05, 4.69) is 25.3 Å². The summed E-state index contributed by atoms with van der Waals surface area (Å²) >= 11 is 0. The first-order valence-corrected chi connectivity index (χ1v) is 7.62. The fraction of sp³-hybridized carbons (Fsp3) is 0.294. The van der Waals surface area contributed by atoms with Crippen molar-refractivity contribution in [2.24, 2.45) is 0 Å². The van der Waals surface area contributed by atoms with Crippen LogP contribution in [-0.4, -0.2) is 35.5 Å². The number of benzene rings is 1. The molecule has 0 atom stereocenters. The Morgan fingerprint density at radius 3 is 2.50 bits per heavy atom. The summed E-state index contributed by atoms with van der Waals surface area (Å²) in [7, 11) is 1.33. The number of nitrogens with one attached hydrogen (secondary N) is 2. The first kappa shape index (κ1) is 17.4. The molecular formula is C17H20N4O3. The van der Waals surface area contributed by atoms with Gasteiger partial charge in [-0.15, -0.1) is 0 Å². The van der Waals surface area contributed by atoms with Gasteiger partial charge in [-0.3, -0.25) is 4.79 Å². The first-order chi connectivity index (χ1) is 11.5. The van der Waals surface area contributed by atoms with Crippen LogP contribution in [0.1, 0.15) is 39.9 Å². The lowest BCUT2D eigenvalue weighted by Crippen LogP contribution is -2.25. The Morgan fingerprint density at radius 2 is 1.88 bits per heavy atom. The molecule has 1 aromatic heterocycles. The first-order valence-electron chi connectivity index (χ1n) is 7.62. The van der Waals surface area contributed by atoms with E-state index >= 15 is 0 Å². The largest absolute Gasteiger partial charge is 0.465 e. The average molecular weight is 328 g/mol. The lowest BCUT2D eigenvalue weighted by molar-refractivity contribution is 0.0600. The molecule has 0 aliphatic heterocycles. The van der Waals surface area contributed by atoms with Crippen LogP contribution < -0.4 is 10.6 Å². The smallest absolute Gasteiger partial charge is 0.337 e. The van der Waals surface area contributed by atoms with E-state index in [4.69, 9.17) is 0 Å². The Hall–Kier alpha value is -2.96. The third-order valence-corrected chi connectivity index (χ3v) is 3.18. The van der Waals surface area contributed by atoms with Crippen molar-refractivity contribution in [3.05, 3.63) is 47.3 Å². The van der Waals surface area contributed by atoms with Crippen molar-refractivity contribution in [3.8, 4) is 0 Å². The Kier molecular flexibility index (Phi) is 5.83. The van der Waals surface area contributed by atoms with E-state index in [0.29, 0.717) is 35.1 Å². The second kappa shape index (κ2) is 8.05. The summed E-state index contributed by atoms with van der Waals surface area (Å²) in [6.45, 7) is 4.37. The number of ether oxygens (including phenoxy) is 1. The molecule has 24 heavy (non-hydrogen) atoms. The predicted molar refractivity (Wildman–Crippen MR) is 90.5 cm³/mol. The van der Waals surface area contributed by atoms with E-state index in [1.54, 1.807) is 37.3 Å². The lowest BCUT2D eigenvalue weighted by Gasteiger charge is -2.09. The van der Waals surface area contributed by atoms with Crippen LogP contribution in [0.2, 0.25) is 0 Å². The second-order valence-electron chi connectivity index (χ2n) is 5.17. The van der Waals surface area contributed by atoms with Crippen molar-refractivity contribution in [2.75, 3.05) is 19.0 Å². The molecule has 0 aliphatic rings. The molecule has 1 heterocycles. The van der Waals surface area contributed by atoms with Gasteiger partial charge in [0.1, 0.15) is 5.69 Å². The number of anilines is 2. The number of aromatic nitrogens is 2. The number of nitrogens with zero attached hydrogens (tertiary/aromatic N) is 2. The summed E-state index contributed by atoms with van der Waals surface area (Å²) in [4.78, 5) is 32.0. The third kappa shape index (κ3) is 4.52. The van der Waals surface area contributed by atoms with Gasteiger partial charge >= 0.3 is 5.97 Å². The van der Waals surface area contributed by atoms with Crippen LogP contribution in [0, 0.1) is 6.92 Å². The molecular weight excluding hydrogens is 308 g/mol. The van der Waals surface area contributed by atoms with Crippen LogP contribution in [0.4, 0.5) is 11.6 Å². The highest BCUT2D eigenvalue weighted by Gasteiger charge is 2.10. The molecule has 1 amide bonds. The van der Waals surface area contributed by atoms with Gasteiger partial charge in [0, 0.05) is 17.9 Å². The predicted octanol–water partition coefficient (Wildman–Crippen LogP) is 2.46. The van der Waals surface area contributed by atoms with Gasteiger partial charge in [0.2, 0.25) is 5.95 Å². The van der Waals surface area contributed by atoms with Crippen LogP contribution in [0.25, 0.3) is 0 Å². The number of carbonyl (C=O) groups is 2. The minimum Gasteiger partial charge on any atom is -0.465 e. The molecule has 0 bridgehead atoms. The molecule has 0 saturated carbocycles. The minimum absolute atomic E-state index is 0.230. The van der Waals surface area contributed by atoms with Crippen molar-refractivity contribution in [3.63, 3.8) is 0 Å². The van der Waals surface area contributed by atoms with Gasteiger partial charge in [-0.1, -0.05) is 6.92 Å². The summed E-state index contributed by atoms with van der Waals surface area (Å²) in [5.41, 5.74) is 2.14. The van der Waals surface area contributed by atoms with Crippen LogP contribution in [0.5, 0.6) is 0 Å². The SMILES string of the molecule is CCCNC(=O)c1cc(C)nc(Nc2ccc(C(=O)OC)cc2)n1. The molecule has 0 radical (unpaired) electrons. The van der Waals surface area contributed by atoms with Crippen molar-refractivity contribution < 1.29 is 14.3 Å². The quantitative estimate of drug-likeness (QED) is 0.791. The maximum absolute atomic E-state index is 12.0. The molecule has 2 aromatic rings. The molecule has 2 N–H and O–H groups in total. The molecule has 0 fully saturated rings. The van der Waals surface area contributed by atoms with Gasteiger partial charge in [-0.2, -0.15) is 0 Å². The summed E-state index contributed by atoms with van der Waals surface area (Å²) in [6.07, 6.45) is 0.855. The lowest BCUT2D eigenvalue weighted by atomic mass is 10.2. The van der Waals surface area contributed by atoms with Gasteiger partial charge in [0.25, 0.3) is 5.91 Å². The summed E-state index contributed by atoms with van der Waals surface area (Å²) in [6, 6.07) is 8.34. The van der Waals surface area contributed by atoms with Crippen molar-refractivity contribution in [1.82, 2.24) is 15.3 Å². The molecule has 1 aromatic carbocycles. The Morgan fingerprint density at radius 1 is 1.17 bits per heavy atom. The van der Waals surface area contributed by atoms with Crippen LogP contribution in [-0.2, 0) is 4.74 Å². The number of hydrogen-bond acceptors (Lipinski definition) is 6. The average Bonchev–Trinajstić information content (AvgIpc) is 2.59. The van der Waals surface area contributed by atoms with Gasteiger partial charge in [0.05, 0.1) is 12.7 Å². The highest BCUT2D eigenvalue weighted by molar-refractivity contribution is 5.92. The van der Waals surface area contributed by atoms with Crippen LogP contribution in [0.15, 0.2) is 30.3 Å². The van der Waals surface area contributed by atoms with Crippen molar-refractivity contribution in [2.45, 2.75) is 20.3 Å². The molecule has 7 nitrogen and oxygen atoms in total. The van der Waals surface area contributed by atoms with Gasteiger partial charge in [-0.05, 0) is 43.7 Å². The Balaban J connectivity index is 2.16. The van der Waals surface area contributed by atoms with Crippen molar-refractivity contribution in [1.29, 1.82) is 0 Å². The van der Waals surface area contributed by atoms with E-state index in [1.807, 2.05) is 6.92 Å². The molecule has 0 saturated heterocycles. The fourth-order valence-corrected chi connectivity index (χ4v) is 2.01. The van der Waals surface area contributed by atoms with E-state index in [9.17, 15) is 9.59 Å². The van der Waals surface area contributed by atoms with Crippen molar-refractivity contribution >= 4 is 23.5 Å². The molecule has 2 rings (SSSR count). The minimum atomic E-state index is -0.400. The summed E-state index contributed by atoms with van der Waals surface area (Å²) in [5.74, 6) is -0.308. The Bertz CT molecular complexity index is 729. The number of hydrogen-bond donors (Lipinski definition) is 2. The van der Waals surface area contributed by atoms with Gasteiger partial charge in [0.15, 0.2) is 0 Å². The second-order valence-corrected chi connectivity index (χ2v) is 5.17. The molecule has 126 valence electrons. The Labute approximate surface area is 140 Å². The summed E-state index contributed by atoms with van der Waals surface area (Å²) < 4.78 is 4.66. The maximum Gasteiger partial charge on any atom is 0.337 e. The normalized spacial score (nSPS) is 10.1. The number of rotatable bonds is 6. The number of methoxy groups -OCH3 is 1. The number of carbonyl (C=O) groups excluding carboxylic acids is 2. The van der Waals surface area contributed by atoms with E-state index in [0.717, 1.165) is 6.42 Å². The highest BCUT2D eigenvalue weighted by atomic mass is 16.5. The zero-order chi connectivity index (χ0) is 17.5. The van der Waals surface area contributed by atoms with E-state index < -0.39 is 5.97 Å². The number of esters is 1. The zero-order valence-corrected chi connectivity index (χ0v) is 13.9. The maximum atomic E-state index is 12.0. The monoisotopic (exact) mass is 328 g/mol. The standard InChI is InChI=1S/C17H20N4O3/c1-4-9-18-15(22)14-10-11(2)19-17(21-14)20-13-7-5-12(6-8-13)16(23)24-3/h5-8,10H,4,9H2,1-3H3,(H,18,22)(H,19,20,21). The van der Waals surface area contributed by atoms with Gasteiger partial charge < -0.3 is 15.4 Å². The number of aryl methyl sites for hydroxylation is 1. The zero-order valence-electron chi connectivity index (χ0n) is 13.9. The highest BCUT2D eigenvalue weighted by Crippen LogP contribution is 2.15. The molecule has 0 spiro atoms. The van der Waals surface area contributed by atoms with E-state index in [1.165, 1.54) is 7.11 Å². The topological polar surface area (TPSA) is 93.2 Å². The van der Waals surface area contributed by atoms with Crippen LogP contribution in [0.3, 0.4) is 0 Å². The molecule has 0 unspecified atom stereocenters. The van der Waals surface area contributed by atoms with Gasteiger partial charge in [-0.25, -0.2) is 14.8 Å². The third-order valence-electron chi connectivity index (χ3n) is 3.18. The fourth-order valence-electron chi connectivity index (χ4n) is 2.01. The van der Waals surface area contributed by atoms with E-state index in [-0.39, 0.29) is 5.91 Å². The number of amides is 1. The summed E-state index contributed by atoms with van der Waals surface area (Å²) in [5, 5.41) is 5.81.